The summed E-state index contributed by atoms with van der Waals surface area (Å²) in [4.78, 5) is 19.7. The molecule has 30 heavy (non-hydrogen) atoms. The number of thiophene rings is 1. The molecule has 0 spiro atoms. The maximum absolute atomic E-state index is 12.8. The van der Waals surface area contributed by atoms with Crippen LogP contribution in [0.4, 0.5) is 4.79 Å². The van der Waals surface area contributed by atoms with Gasteiger partial charge in [0.2, 0.25) is 0 Å². The Morgan fingerprint density at radius 3 is 2.43 bits per heavy atom. The van der Waals surface area contributed by atoms with Gasteiger partial charge in [0.1, 0.15) is 5.75 Å². The average Bonchev–Trinajstić information content (AvgIpc) is 3.49. The van der Waals surface area contributed by atoms with E-state index in [0.29, 0.717) is 6.54 Å². The first kappa shape index (κ1) is 21.2. The number of nitrogens with zero attached hydrogens (tertiary/aromatic N) is 3. The SMILES string of the molecule is COc1ccc(C(CNC(=O)N2CCN(Cc3ccsc3)CC2)N2CCCC2)cc1. The smallest absolute Gasteiger partial charge is 0.317 e. The Morgan fingerprint density at radius 2 is 1.80 bits per heavy atom. The van der Waals surface area contributed by atoms with Crippen LogP contribution in [0.25, 0.3) is 0 Å². The first-order valence-corrected chi connectivity index (χ1v) is 11.8. The van der Waals surface area contributed by atoms with Crippen molar-refractivity contribution in [1.29, 1.82) is 0 Å². The van der Waals surface area contributed by atoms with E-state index in [1.54, 1.807) is 18.4 Å². The molecule has 1 atom stereocenters. The highest BCUT2D eigenvalue weighted by atomic mass is 32.1. The molecule has 1 aromatic carbocycles. The summed E-state index contributed by atoms with van der Waals surface area (Å²) in [6.07, 6.45) is 2.46. The molecule has 1 aromatic heterocycles. The van der Waals surface area contributed by atoms with Crippen LogP contribution < -0.4 is 10.1 Å². The van der Waals surface area contributed by atoms with Crippen molar-refractivity contribution < 1.29 is 9.53 Å². The fourth-order valence-corrected chi connectivity index (χ4v) is 5.04. The van der Waals surface area contributed by atoms with Crippen molar-refractivity contribution in [2.45, 2.75) is 25.4 Å². The molecule has 2 amide bonds. The second-order valence-corrected chi connectivity index (χ2v) is 8.89. The molecule has 3 heterocycles. The Kier molecular flexibility index (Phi) is 7.25. The molecule has 0 bridgehead atoms. The third kappa shape index (κ3) is 5.33. The highest BCUT2D eigenvalue weighted by Gasteiger charge is 2.26. The van der Waals surface area contributed by atoms with E-state index >= 15 is 0 Å². The van der Waals surface area contributed by atoms with Gasteiger partial charge in [-0.05, 0) is 66.0 Å². The topological polar surface area (TPSA) is 48.1 Å². The minimum absolute atomic E-state index is 0.0582. The van der Waals surface area contributed by atoms with Gasteiger partial charge in [0.25, 0.3) is 0 Å². The molecule has 0 aliphatic carbocycles. The van der Waals surface area contributed by atoms with Crippen LogP contribution in [0.5, 0.6) is 5.75 Å². The molecular weight excluding hydrogens is 396 g/mol. The molecule has 2 fully saturated rings. The molecule has 2 aromatic rings. The van der Waals surface area contributed by atoms with E-state index in [0.717, 1.165) is 51.6 Å². The number of hydrogen-bond donors (Lipinski definition) is 1. The van der Waals surface area contributed by atoms with Gasteiger partial charge < -0.3 is 15.0 Å². The van der Waals surface area contributed by atoms with Gasteiger partial charge in [0.15, 0.2) is 0 Å². The molecule has 7 heteroatoms. The molecule has 2 saturated heterocycles. The minimum Gasteiger partial charge on any atom is -0.497 e. The zero-order chi connectivity index (χ0) is 20.8. The van der Waals surface area contributed by atoms with Crippen molar-refractivity contribution in [2.24, 2.45) is 0 Å². The standard InChI is InChI=1S/C23H32N4O2S/c1-29-21-6-4-20(5-7-21)22(26-9-2-3-10-26)16-24-23(28)27-13-11-25(12-14-27)17-19-8-15-30-18-19/h4-8,15,18,22H,2-3,9-14,16-17H2,1H3,(H,24,28). The van der Waals surface area contributed by atoms with E-state index < -0.39 is 0 Å². The van der Waals surface area contributed by atoms with Gasteiger partial charge in [-0.2, -0.15) is 11.3 Å². The van der Waals surface area contributed by atoms with Crippen molar-refractivity contribution in [2.75, 3.05) is 52.9 Å². The number of rotatable bonds is 7. The van der Waals surface area contributed by atoms with E-state index in [-0.39, 0.29) is 12.1 Å². The zero-order valence-corrected chi connectivity index (χ0v) is 18.6. The molecule has 4 rings (SSSR count). The summed E-state index contributed by atoms with van der Waals surface area (Å²) < 4.78 is 5.30. The largest absolute Gasteiger partial charge is 0.497 e. The maximum Gasteiger partial charge on any atom is 0.317 e. The van der Waals surface area contributed by atoms with E-state index in [2.05, 4.69) is 44.1 Å². The molecule has 1 unspecified atom stereocenters. The van der Waals surface area contributed by atoms with Gasteiger partial charge in [-0.15, -0.1) is 0 Å². The van der Waals surface area contributed by atoms with Crippen LogP contribution in [0.15, 0.2) is 41.1 Å². The molecule has 0 radical (unpaired) electrons. The van der Waals surface area contributed by atoms with E-state index in [9.17, 15) is 4.79 Å². The summed E-state index contributed by atoms with van der Waals surface area (Å²) >= 11 is 1.74. The van der Waals surface area contributed by atoms with Gasteiger partial charge in [-0.3, -0.25) is 9.80 Å². The van der Waals surface area contributed by atoms with E-state index in [4.69, 9.17) is 4.74 Å². The lowest BCUT2D eigenvalue weighted by Gasteiger charge is -2.35. The Hall–Kier alpha value is -2.09. The average molecular weight is 429 g/mol. The van der Waals surface area contributed by atoms with Gasteiger partial charge in [-0.1, -0.05) is 12.1 Å². The highest BCUT2D eigenvalue weighted by Crippen LogP contribution is 2.26. The van der Waals surface area contributed by atoms with Gasteiger partial charge >= 0.3 is 6.03 Å². The van der Waals surface area contributed by atoms with Gasteiger partial charge in [-0.25, -0.2) is 4.79 Å². The first-order chi connectivity index (χ1) is 14.7. The van der Waals surface area contributed by atoms with Crippen LogP contribution in [0.2, 0.25) is 0 Å². The van der Waals surface area contributed by atoms with Gasteiger partial charge in [0.05, 0.1) is 13.2 Å². The van der Waals surface area contributed by atoms with Crippen molar-refractivity contribution in [3.63, 3.8) is 0 Å². The number of ether oxygens (including phenoxy) is 1. The van der Waals surface area contributed by atoms with Crippen molar-refractivity contribution in [3.8, 4) is 5.75 Å². The normalized spacial score (nSPS) is 19.0. The minimum atomic E-state index is 0.0582. The fraction of sp³-hybridized carbons (Fsp3) is 0.522. The van der Waals surface area contributed by atoms with Crippen LogP contribution in [0.1, 0.15) is 30.0 Å². The molecular formula is C23H32N4O2S. The quantitative estimate of drug-likeness (QED) is 0.734. The Bertz CT molecular complexity index is 782. The maximum atomic E-state index is 12.8. The van der Waals surface area contributed by atoms with Crippen molar-refractivity contribution in [3.05, 3.63) is 52.2 Å². The van der Waals surface area contributed by atoms with Crippen LogP contribution in [0.3, 0.4) is 0 Å². The lowest BCUT2D eigenvalue weighted by molar-refractivity contribution is 0.133. The van der Waals surface area contributed by atoms with Gasteiger partial charge in [0, 0.05) is 39.3 Å². The summed E-state index contributed by atoms with van der Waals surface area (Å²) in [5.41, 5.74) is 2.60. The molecule has 0 saturated carbocycles. The molecule has 6 nitrogen and oxygen atoms in total. The summed E-state index contributed by atoms with van der Waals surface area (Å²) in [5.74, 6) is 0.864. The van der Waals surface area contributed by atoms with Crippen LogP contribution >= 0.6 is 11.3 Å². The lowest BCUT2D eigenvalue weighted by atomic mass is 10.1. The van der Waals surface area contributed by atoms with E-state index in [1.165, 1.54) is 24.0 Å². The third-order valence-electron chi connectivity index (χ3n) is 6.17. The molecule has 2 aliphatic rings. The number of amides is 2. The second kappa shape index (κ2) is 10.3. The Labute approximate surface area is 183 Å². The fourth-order valence-electron chi connectivity index (χ4n) is 4.38. The number of nitrogens with one attached hydrogen (secondary N) is 1. The summed E-state index contributed by atoms with van der Waals surface area (Å²) in [6, 6.07) is 10.7. The number of benzene rings is 1. The number of likely N-dealkylation sites (tertiary alicyclic amines) is 1. The highest BCUT2D eigenvalue weighted by molar-refractivity contribution is 7.07. The Morgan fingerprint density at radius 1 is 1.07 bits per heavy atom. The van der Waals surface area contributed by atoms with Crippen LogP contribution in [0, 0.1) is 0 Å². The third-order valence-corrected chi connectivity index (χ3v) is 6.91. The number of carbonyl (C=O) groups is 1. The summed E-state index contributed by atoms with van der Waals surface area (Å²) in [6.45, 7) is 7.23. The number of urea groups is 1. The van der Waals surface area contributed by atoms with Crippen LogP contribution in [-0.2, 0) is 6.54 Å². The molecule has 162 valence electrons. The molecule has 2 aliphatic heterocycles. The number of carbonyl (C=O) groups excluding carboxylic acids is 1. The number of hydrogen-bond acceptors (Lipinski definition) is 5. The van der Waals surface area contributed by atoms with E-state index in [1.807, 2.05) is 17.0 Å². The monoisotopic (exact) mass is 428 g/mol. The number of methoxy groups -OCH3 is 1. The summed E-state index contributed by atoms with van der Waals surface area (Å²) in [5, 5.41) is 7.54. The predicted molar refractivity (Wildman–Crippen MR) is 121 cm³/mol. The lowest BCUT2D eigenvalue weighted by Crippen LogP contribution is -2.52. The van der Waals surface area contributed by atoms with Crippen molar-refractivity contribution in [1.82, 2.24) is 20.0 Å². The molecule has 1 N–H and O–H groups in total. The summed E-state index contributed by atoms with van der Waals surface area (Å²) in [7, 11) is 1.69. The van der Waals surface area contributed by atoms with Crippen LogP contribution in [-0.4, -0.2) is 73.7 Å². The first-order valence-electron chi connectivity index (χ1n) is 10.9. The zero-order valence-electron chi connectivity index (χ0n) is 17.8. The Balaban J connectivity index is 1.30. The predicted octanol–water partition coefficient (Wildman–Crippen LogP) is 3.42. The number of piperazine rings is 1. The van der Waals surface area contributed by atoms with Crippen molar-refractivity contribution >= 4 is 17.4 Å². The second-order valence-electron chi connectivity index (χ2n) is 8.11.